The molecule has 0 radical (unpaired) electrons. The van der Waals surface area contributed by atoms with Crippen molar-refractivity contribution in [3.8, 4) is 0 Å². The highest BCUT2D eigenvalue weighted by molar-refractivity contribution is 6.31. The van der Waals surface area contributed by atoms with Crippen LogP contribution in [0.15, 0.2) is 78.9 Å². The summed E-state index contributed by atoms with van der Waals surface area (Å²) >= 11 is 6.28. The summed E-state index contributed by atoms with van der Waals surface area (Å²) in [5.41, 5.74) is 3.84. The molecule has 0 aliphatic carbocycles. The summed E-state index contributed by atoms with van der Waals surface area (Å²) in [6.07, 6.45) is 0.0634. The molecule has 0 aromatic heterocycles. The van der Waals surface area contributed by atoms with Gasteiger partial charge in [0.2, 0.25) is 0 Å². The highest BCUT2D eigenvalue weighted by Gasteiger charge is 2.45. The van der Waals surface area contributed by atoms with E-state index in [2.05, 4.69) is 38.1 Å². The zero-order valence-electron chi connectivity index (χ0n) is 19.8. The molecule has 1 unspecified atom stereocenters. The summed E-state index contributed by atoms with van der Waals surface area (Å²) in [4.78, 5) is 0. The zero-order chi connectivity index (χ0) is 23.9. The van der Waals surface area contributed by atoms with Gasteiger partial charge in [-0.1, -0.05) is 92.2 Å². The summed E-state index contributed by atoms with van der Waals surface area (Å²) in [5.74, 6) is 0.148. The van der Waals surface area contributed by atoms with Gasteiger partial charge in [-0.3, -0.25) is 0 Å². The molecule has 180 valence electrons. The highest BCUT2D eigenvalue weighted by Crippen LogP contribution is 2.41. The average Bonchev–Trinajstić information content (AvgIpc) is 2.88. The number of benzene rings is 3. The van der Waals surface area contributed by atoms with Crippen molar-refractivity contribution in [3.63, 3.8) is 0 Å². The van der Waals surface area contributed by atoms with Gasteiger partial charge in [0, 0.05) is 10.9 Å². The van der Waals surface area contributed by atoms with Crippen LogP contribution >= 0.6 is 11.6 Å². The van der Waals surface area contributed by atoms with Crippen LogP contribution in [-0.4, -0.2) is 23.4 Å². The fraction of sp³-hybridized carbons (Fsp3) is 0.379. The molecule has 4 rings (SSSR count). The standard InChI is InChI=1S/C29H33ClO4/c1-3-26-20(2)27(32-18-21-10-6-4-7-11-21)29(33-19-22-12-8-5-9-13-22)28(34-26)23-14-15-25(30)24(16-23)17-31/h4-16,20,26-29,31H,3,17-19H2,1-2H3/t20-,26-,27+,28?,29-/m1/s1. The molecule has 0 spiro atoms. The van der Waals surface area contributed by atoms with Crippen LogP contribution in [0.25, 0.3) is 0 Å². The van der Waals surface area contributed by atoms with Crippen molar-refractivity contribution in [1.29, 1.82) is 0 Å². The second-order valence-corrected chi connectivity index (χ2v) is 9.30. The van der Waals surface area contributed by atoms with Crippen molar-refractivity contribution in [1.82, 2.24) is 0 Å². The number of aliphatic hydroxyl groups excluding tert-OH is 1. The first kappa shape index (κ1) is 24.9. The van der Waals surface area contributed by atoms with E-state index in [4.69, 9.17) is 25.8 Å². The Morgan fingerprint density at radius 1 is 0.853 bits per heavy atom. The molecule has 5 atom stereocenters. The molecule has 3 aromatic rings. The van der Waals surface area contributed by atoms with E-state index in [0.29, 0.717) is 23.8 Å². The minimum absolute atomic E-state index is 0.0237. The molecule has 0 saturated carbocycles. The second-order valence-electron chi connectivity index (χ2n) is 8.89. The van der Waals surface area contributed by atoms with Crippen LogP contribution < -0.4 is 0 Å². The third kappa shape index (κ3) is 5.88. The summed E-state index contributed by atoms with van der Waals surface area (Å²) in [7, 11) is 0. The van der Waals surface area contributed by atoms with Crippen molar-refractivity contribution < 1.29 is 19.3 Å². The van der Waals surface area contributed by atoms with Gasteiger partial charge in [0.15, 0.2) is 0 Å². The van der Waals surface area contributed by atoms with Gasteiger partial charge in [-0.25, -0.2) is 0 Å². The van der Waals surface area contributed by atoms with Crippen LogP contribution in [0.3, 0.4) is 0 Å². The predicted octanol–water partition coefficient (Wildman–Crippen LogP) is 6.49. The maximum atomic E-state index is 9.78. The molecule has 0 bridgehead atoms. The third-order valence-electron chi connectivity index (χ3n) is 6.59. The van der Waals surface area contributed by atoms with Crippen LogP contribution in [0.2, 0.25) is 5.02 Å². The first-order valence-corrected chi connectivity index (χ1v) is 12.3. The minimum atomic E-state index is -0.340. The molecule has 1 fully saturated rings. The van der Waals surface area contributed by atoms with Crippen LogP contribution in [0.1, 0.15) is 48.6 Å². The lowest BCUT2D eigenvalue weighted by Gasteiger charge is -2.46. The van der Waals surface area contributed by atoms with E-state index in [0.717, 1.165) is 23.1 Å². The van der Waals surface area contributed by atoms with E-state index in [1.807, 2.05) is 54.6 Å². The van der Waals surface area contributed by atoms with E-state index < -0.39 is 0 Å². The topological polar surface area (TPSA) is 47.9 Å². The lowest BCUT2D eigenvalue weighted by Crippen LogP contribution is -2.51. The summed E-state index contributed by atoms with van der Waals surface area (Å²) in [6, 6.07) is 26.0. The van der Waals surface area contributed by atoms with Crippen molar-refractivity contribution in [3.05, 3.63) is 106 Å². The maximum Gasteiger partial charge on any atom is 0.115 e. The number of hydrogen-bond acceptors (Lipinski definition) is 4. The SMILES string of the molecule is CC[C@H]1OC(c2ccc(Cl)c(CO)c2)[C@H](OCc2ccccc2)[C@@H](OCc2ccccc2)[C@@H]1C. The van der Waals surface area contributed by atoms with Gasteiger partial charge in [-0.2, -0.15) is 0 Å². The van der Waals surface area contributed by atoms with Gasteiger partial charge in [0.1, 0.15) is 12.2 Å². The van der Waals surface area contributed by atoms with Gasteiger partial charge in [-0.05, 0) is 40.8 Å². The van der Waals surface area contributed by atoms with E-state index in [9.17, 15) is 5.11 Å². The zero-order valence-corrected chi connectivity index (χ0v) is 20.5. The lowest BCUT2D eigenvalue weighted by atomic mass is 9.84. The molecule has 5 heteroatoms. The Morgan fingerprint density at radius 2 is 1.44 bits per heavy atom. The number of ether oxygens (including phenoxy) is 3. The Morgan fingerprint density at radius 3 is 2.00 bits per heavy atom. The Bertz CT molecular complexity index is 1030. The Labute approximate surface area is 207 Å². The molecular formula is C29H33ClO4. The van der Waals surface area contributed by atoms with E-state index in [1.165, 1.54) is 0 Å². The normalized spacial score (nSPS) is 24.8. The fourth-order valence-electron chi connectivity index (χ4n) is 4.66. The van der Waals surface area contributed by atoms with Gasteiger partial charge in [0.25, 0.3) is 0 Å². The van der Waals surface area contributed by atoms with Gasteiger partial charge in [-0.15, -0.1) is 0 Å². The Hall–Kier alpha value is -2.21. The first-order valence-electron chi connectivity index (χ1n) is 12.0. The van der Waals surface area contributed by atoms with Crippen molar-refractivity contribution in [2.75, 3.05) is 0 Å². The smallest absolute Gasteiger partial charge is 0.115 e. The van der Waals surface area contributed by atoms with Gasteiger partial charge in [0.05, 0.1) is 32.0 Å². The van der Waals surface area contributed by atoms with Crippen molar-refractivity contribution >= 4 is 11.6 Å². The average molecular weight is 481 g/mol. The molecule has 0 amide bonds. The number of halogens is 1. The first-order chi connectivity index (χ1) is 16.6. The summed E-state index contributed by atoms with van der Waals surface area (Å²) < 4.78 is 19.8. The Balaban J connectivity index is 1.65. The van der Waals surface area contributed by atoms with Crippen molar-refractivity contribution in [2.24, 2.45) is 5.92 Å². The number of rotatable bonds is 9. The molecule has 1 N–H and O–H groups in total. The van der Waals surface area contributed by atoms with Gasteiger partial charge >= 0.3 is 0 Å². The van der Waals surface area contributed by atoms with Crippen LogP contribution in [-0.2, 0) is 34.0 Å². The van der Waals surface area contributed by atoms with E-state index >= 15 is 0 Å². The molecule has 4 nitrogen and oxygen atoms in total. The number of hydrogen-bond donors (Lipinski definition) is 1. The monoisotopic (exact) mass is 480 g/mol. The molecule has 1 aliphatic rings. The van der Waals surface area contributed by atoms with Crippen LogP contribution in [0, 0.1) is 5.92 Å². The summed E-state index contributed by atoms with van der Waals surface area (Å²) in [5, 5.41) is 10.3. The third-order valence-corrected chi connectivity index (χ3v) is 6.96. The van der Waals surface area contributed by atoms with Crippen molar-refractivity contribution in [2.45, 2.75) is 64.5 Å². The quantitative estimate of drug-likeness (QED) is 0.380. The molecular weight excluding hydrogens is 448 g/mol. The highest BCUT2D eigenvalue weighted by atomic mass is 35.5. The summed E-state index contributed by atoms with van der Waals surface area (Å²) in [6.45, 7) is 5.16. The van der Waals surface area contributed by atoms with Crippen LogP contribution in [0.5, 0.6) is 0 Å². The molecule has 1 saturated heterocycles. The maximum absolute atomic E-state index is 9.78. The lowest BCUT2D eigenvalue weighted by molar-refractivity contribution is -0.234. The van der Waals surface area contributed by atoms with E-state index in [-0.39, 0.29) is 36.9 Å². The molecule has 1 aliphatic heterocycles. The fourth-order valence-corrected chi connectivity index (χ4v) is 4.84. The molecule has 1 heterocycles. The minimum Gasteiger partial charge on any atom is -0.392 e. The van der Waals surface area contributed by atoms with Crippen LogP contribution in [0.4, 0.5) is 0 Å². The Kier molecular flexibility index (Phi) is 8.76. The molecule has 3 aromatic carbocycles. The second kappa shape index (κ2) is 12.0. The largest absolute Gasteiger partial charge is 0.392 e. The van der Waals surface area contributed by atoms with E-state index in [1.54, 1.807) is 0 Å². The van der Waals surface area contributed by atoms with Gasteiger partial charge < -0.3 is 19.3 Å². The number of aliphatic hydroxyl groups is 1. The predicted molar refractivity (Wildman–Crippen MR) is 134 cm³/mol. The molecule has 34 heavy (non-hydrogen) atoms.